The monoisotopic (exact) mass is 233 g/mol. The number of rotatable bonds is 4. The highest BCUT2D eigenvalue weighted by Gasteiger charge is 2.25. The third kappa shape index (κ3) is 3.85. The molecule has 96 valence electrons. The lowest BCUT2D eigenvalue weighted by atomic mass is 9.81. The SMILES string of the molecule is CCCNC(c1ccc(C)c(C)c1)C(C)(C)C. The van der Waals surface area contributed by atoms with Crippen LogP contribution < -0.4 is 5.32 Å². The van der Waals surface area contributed by atoms with Gasteiger partial charge in [-0.1, -0.05) is 45.9 Å². The number of hydrogen-bond donors (Lipinski definition) is 1. The Balaban J connectivity index is 3.00. The minimum absolute atomic E-state index is 0.247. The molecule has 0 heterocycles. The minimum Gasteiger partial charge on any atom is -0.309 e. The average Bonchev–Trinajstić information content (AvgIpc) is 2.22. The second kappa shape index (κ2) is 5.68. The summed E-state index contributed by atoms with van der Waals surface area (Å²) in [6, 6.07) is 7.26. The summed E-state index contributed by atoms with van der Waals surface area (Å²) >= 11 is 0. The second-order valence-corrected chi connectivity index (χ2v) is 6.10. The molecule has 0 fully saturated rings. The van der Waals surface area contributed by atoms with Crippen LogP contribution in [0.1, 0.15) is 56.8 Å². The predicted octanol–water partition coefficient (Wildman–Crippen LogP) is 4.39. The molecule has 0 aliphatic rings. The first-order valence-electron chi connectivity index (χ1n) is 6.66. The zero-order valence-corrected chi connectivity index (χ0v) is 12.2. The van der Waals surface area contributed by atoms with Crippen LogP contribution in [0, 0.1) is 19.3 Å². The van der Waals surface area contributed by atoms with Crippen LogP contribution >= 0.6 is 0 Å². The molecule has 0 spiro atoms. The fourth-order valence-corrected chi connectivity index (χ4v) is 2.16. The van der Waals surface area contributed by atoms with Crippen molar-refractivity contribution >= 4 is 0 Å². The molecule has 0 aliphatic carbocycles. The topological polar surface area (TPSA) is 12.0 Å². The standard InChI is InChI=1S/C16H27N/c1-7-10-17-15(16(4,5)6)14-9-8-12(2)13(3)11-14/h8-9,11,15,17H,7,10H2,1-6H3. The molecular weight excluding hydrogens is 206 g/mol. The van der Waals surface area contributed by atoms with Gasteiger partial charge < -0.3 is 5.32 Å². The zero-order valence-electron chi connectivity index (χ0n) is 12.2. The van der Waals surface area contributed by atoms with Crippen molar-refractivity contribution in [1.29, 1.82) is 0 Å². The first-order chi connectivity index (χ1) is 7.86. The van der Waals surface area contributed by atoms with Crippen LogP contribution in [0.25, 0.3) is 0 Å². The van der Waals surface area contributed by atoms with Crippen molar-refractivity contribution in [3.05, 3.63) is 34.9 Å². The Hall–Kier alpha value is -0.820. The molecule has 1 unspecified atom stereocenters. The van der Waals surface area contributed by atoms with Gasteiger partial charge in [-0.2, -0.15) is 0 Å². The third-order valence-corrected chi connectivity index (χ3v) is 3.33. The van der Waals surface area contributed by atoms with Gasteiger partial charge in [-0.15, -0.1) is 0 Å². The van der Waals surface area contributed by atoms with Crippen molar-refractivity contribution in [3.63, 3.8) is 0 Å². The number of hydrogen-bond acceptors (Lipinski definition) is 1. The summed E-state index contributed by atoms with van der Waals surface area (Å²) in [6.07, 6.45) is 1.18. The highest BCUT2D eigenvalue weighted by atomic mass is 14.9. The van der Waals surface area contributed by atoms with Gasteiger partial charge in [-0.25, -0.2) is 0 Å². The third-order valence-electron chi connectivity index (χ3n) is 3.33. The lowest BCUT2D eigenvalue weighted by Crippen LogP contribution is -2.32. The van der Waals surface area contributed by atoms with Crippen LogP contribution in [0.3, 0.4) is 0 Å². The van der Waals surface area contributed by atoms with E-state index in [1.807, 2.05) is 0 Å². The molecule has 1 atom stereocenters. The van der Waals surface area contributed by atoms with E-state index in [9.17, 15) is 0 Å². The summed E-state index contributed by atoms with van der Waals surface area (Å²) in [5, 5.41) is 3.67. The second-order valence-electron chi connectivity index (χ2n) is 6.10. The molecule has 0 aromatic heterocycles. The minimum atomic E-state index is 0.247. The molecule has 17 heavy (non-hydrogen) atoms. The Morgan fingerprint density at radius 2 is 1.76 bits per heavy atom. The van der Waals surface area contributed by atoms with Crippen molar-refractivity contribution in [2.45, 2.75) is 54.0 Å². The molecule has 0 saturated heterocycles. The van der Waals surface area contributed by atoms with E-state index in [1.165, 1.54) is 23.1 Å². The summed E-state index contributed by atoms with van der Waals surface area (Å²) in [7, 11) is 0. The Labute approximate surface area is 107 Å². The van der Waals surface area contributed by atoms with Crippen LogP contribution in [0.4, 0.5) is 0 Å². The van der Waals surface area contributed by atoms with Gasteiger partial charge >= 0.3 is 0 Å². The van der Waals surface area contributed by atoms with Gasteiger partial charge in [-0.05, 0) is 48.9 Å². The normalized spacial score (nSPS) is 13.8. The Morgan fingerprint density at radius 1 is 1.12 bits per heavy atom. The summed E-state index contributed by atoms with van der Waals surface area (Å²) in [4.78, 5) is 0. The first kappa shape index (κ1) is 14.2. The highest BCUT2D eigenvalue weighted by Crippen LogP contribution is 2.33. The van der Waals surface area contributed by atoms with Crippen molar-refractivity contribution < 1.29 is 0 Å². The van der Waals surface area contributed by atoms with Gasteiger partial charge in [0.05, 0.1) is 0 Å². The Bertz CT molecular complexity index is 360. The number of nitrogens with one attached hydrogen (secondary N) is 1. The van der Waals surface area contributed by atoms with Crippen molar-refractivity contribution in [3.8, 4) is 0 Å². The van der Waals surface area contributed by atoms with Crippen LogP contribution in [-0.4, -0.2) is 6.54 Å². The summed E-state index contributed by atoms with van der Waals surface area (Å²) < 4.78 is 0. The van der Waals surface area contributed by atoms with Gasteiger partial charge in [0, 0.05) is 6.04 Å². The lowest BCUT2D eigenvalue weighted by molar-refractivity contribution is 0.273. The van der Waals surface area contributed by atoms with Gasteiger partial charge in [0.2, 0.25) is 0 Å². The molecular formula is C16H27N. The average molecular weight is 233 g/mol. The van der Waals surface area contributed by atoms with E-state index >= 15 is 0 Å². The molecule has 0 saturated carbocycles. The van der Waals surface area contributed by atoms with Gasteiger partial charge in [0.1, 0.15) is 0 Å². The van der Waals surface area contributed by atoms with E-state index in [4.69, 9.17) is 0 Å². The van der Waals surface area contributed by atoms with Crippen molar-refractivity contribution in [1.82, 2.24) is 5.32 Å². The summed E-state index contributed by atoms with van der Waals surface area (Å²) in [6.45, 7) is 14.6. The number of aryl methyl sites for hydroxylation is 2. The fraction of sp³-hybridized carbons (Fsp3) is 0.625. The van der Waals surface area contributed by atoms with Crippen LogP contribution in [-0.2, 0) is 0 Å². The Kier molecular flexibility index (Phi) is 4.76. The maximum Gasteiger partial charge on any atom is 0.0369 e. The molecule has 0 aliphatic heterocycles. The molecule has 1 nitrogen and oxygen atoms in total. The lowest BCUT2D eigenvalue weighted by Gasteiger charge is -2.32. The van der Waals surface area contributed by atoms with E-state index in [2.05, 4.69) is 65.1 Å². The van der Waals surface area contributed by atoms with E-state index in [-0.39, 0.29) is 5.41 Å². The molecule has 0 amide bonds. The molecule has 0 radical (unpaired) electrons. The Morgan fingerprint density at radius 3 is 2.24 bits per heavy atom. The molecule has 1 heteroatoms. The van der Waals surface area contributed by atoms with E-state index in [0.717, 1.165) is 6.54 Å². The van der Waals surface area contributed by atoms with E-state index in [1.54, 1.807) is 0 Å². The van der Waals surface area contributed by atoms with Crippen LogP contribution in [0.15, 0.2) is 18.2 Å². The van der Waals surface area contributed by atoms with E-state index in [0.29, 0.717) is 6.04 Å². The molecule has 0 bridgehead atoms. The van der Waals surface area contributed by atoms with E-state index < -0.39 is 0 Å². The maximum atomic E-state index is 3.67. The maximum absolute atomic E-state index is 3.67. The van der Waals surface area contributed by atoms with Gasteiger partial charge in [0.25, 0.3) is 0 Å². The fourth-order valence-electron chi connectivity index (χ4n) is 2.16. The van der Waals surface area contributed by atoms with Crippen LogP contribution in [0.2, 0.25) is 0 Å². The molecule has 1 rings (SSSR count). The molecule has 1 aromatic carbocycles. The largest absolute Gasteiger partial charge is 0.309 e. The quantitative estimate of drug-likeness (QED) is 0.813. The van der Waals surface area contributed by atoms with Crippen LogP contribution in [0.5, 0.6) is 0 Å². The highest BCUT2D eigenvalue weighted by molar-refractivity contribution is 5.32. The smallest absolute Gasteiger partial charge is 0.0369 e. The molecule has 1 aromatic rings. The molecule has 1 N–H and O–H groups in total. The zero-order chi connectivity index (χ0) is 13.1. The summed E-state index contributed by atoms with van der Waals surface area (Å²) in [5.41, 5.74) is 4.41. The van der Waals surface area contributed by atoms with Gasteiger partial charge in [0.15, 0.2) is 0 Å². The van der Waals surface area contributed by atoms with Crippen molar-refractivity contribution in [2.24, 2.45) is 5.41 Å². The first-order valence-corrected chi connectivity index (χ1v) is 6.66. The predicted molar refractivity (Wildman–Crippen MR) is 76.4 cm³/mol. The number of benzene rings is 1. The summed E-state index contributed by atoms with van der Waals surface area (Å²) in [5.74, 6) is 0. The van der Waals surface area contributed by atoms with Crippen molar-refractivity contribution in [2.75, 3.05) is 6.54 Å². The van der Waals surface area contributed by atoms with Gasteiger partial charge in [-0.3, -0.25) is 0 Å².